The third-order valence-electron chi connectivity index (χ3n) is 34.4. The number of allylic oxidation sites excluding steroid dienone is 4. The average molecular weight is 1770 g/mol. The lowest BCUT2D eigenvalue weighted by Gasteiger charge is -2.70. The first-order valence-electron chi connectivity index (χ1n) is 41.5. The van der Waals surface area contributed by atoms with Crippen LogP contribution in [0, 0.1) is 100 Å². The quantitative estimate of drug-likeness (QED) is 0.111. The van der Waals surface area contributed by atoms with Crippen molar-refractivity contribution in [3.05, 3.63) is 23.3 Å². The Morgan fingerprint density at radius 3 is 0.902 bits per heavy atom. The van der Waals surface area contributed by atoms with Crippen LogP contribution in [0.2, 0.25) is 0 Å². The lowest BCUT2D eigenvalue weighted by atomic mass is 9.33. The van der Waals surface area contributed by atoms with Crippen LogP contribution < -0.4 is 24.6 Å². The molecule has 0 bridgehead atoms. The highest BCUT2D eigenvalue weighted by atomic mass is 16.8. The van der Waals surface area contributed by atoms with E-state index >= 15 is 0 Å². The third-order valence-corrected chi connectivity index (χ3v) is 34.4. The molecule has 708 valence electrons. The van der Waals surface area contributed by atoms with Crippen molar-refractivity contribution in [2.45, 2.75) is 348 Å². The molecule has 4 heterocycles. The van der Waals surface area contributed by atoms with Crippen molar-refractivity contribution in [1.29, 1.82) is 0 Å². The number of ketones is 2. The molecule has 8 saturated carbocycles. The first-order valence-corrected chi connectivity index (χ1v) is 41.5. The molecule has 38 atom stereocenters. The molecule has 0 spiro atoms. The number of ether oxygens (including phenoxy) is 8. The van der Waals surface area contributed by atoms with Gasteiger partial charge in [0.05, 0.1) is 23.0 Å². The number of aliphatic hydroxyl groups excluding tert-OH is 10. The summed E-state index contributed by atoms with van der Waals surface area (Å²) in [6.45, 7) is 29.7. The predicted octanol–water partition coefficient (Wildman–Crippen LogP) is 2.67. The molecule has 14 aliphatic rings. The monoisotopic (exact) mass is 1770 g/mol. The summed E-state index contributed by atoms with van der Waals surface area (Å²) in [6, 6.07) is 0. The van der Waals surface area contributed by atoms with Crippen molar-refractivity contribution in [1.82, 2.24) is 24.6 Å². The first-order chi connectivity index (χ1) is 53.5. The fourth-order valence-electron chi connectivity index (χ4n) is 26.7. The van der Waals surface area contributed by atoms with Gasteiger partial charge in [0, 0.05) is 11.8 Å². The van der Waals surface area contributed by atoms with Crippen LogP contribution in [0.1, 0.15) is 213 Å². The van der Waals surface area contributed by atoms with Crippen molar-refractivity contribution in [3.63, 3.8) is 0 Å². The standard InChI is InChI=1S/2C42H62O16.4H3N.3H2O/c2*1-37(2)21-8-11-42(7)31(20(43)16-18-19-17-39(4,36(53)54)13-12-38(19,3)14-15-41(18,42)6)40(21,5)10-9-22(37)55-35-30(26(47)25(46)29(57-35)33(51)52)58-34-27(48)23(44)24(45)28(56-34)32(49)50;;;;;;;/h2*16,19,21-31,34-35,44-48H,8-15,17H2,1-7H3,(H,49,50)(H,51,52)(H,53,54);4*1H3;3*1H2/t2*19-,21+,22+,23+,24+,25+,26+,27-,28+,29+,30-,31-,34+,35-,38-,39+,40+,41-,42-;;;;;;;/m11......./s1. The maximum Gasteiger partial charge on any atom is 0.335 e. The molecule has 10 aliphatic carbocycles. The Morgan fingerprint density at radius 1 is 0.341 bits per heavy atom. The van der Waals surface area contributed by atoms with Crippen LogP contribution in [0.3, 0.4) is 0 Å². The molecule has 39 heteroatoms. The topological polar surface area (TPSA) is 769 Å². The zero-order chi connectivity index (χ0) is 85.7. The van der Waals surface area contributed by atoms with Gasteiger partial charge in [-0.2, -0.15) is 0 Å². The number of carbonyl (C=O) groups is 8. The van der Waals surface area contributed by atoms with Gasteiger partial charge in [0.25, 0.3) is 0 Å². The van der Waals surface area contributed by atoms with E-state index < -0.39 is 214 Å². The number of rotatable bonds is 14. The highest BCUT2D eigenvalue weighted by Gasteiger charge is 2.74. The largest absolute Gasteiger partial charge is 0.481 e. The second-order valence-electron chi connectivity index (χ2n) is 41.2. The Labute approximate surface area is 714 Å². The summed E-state index contributed by atoms with van der Waals surface area (Å²) in [4.78, 5) is 103. The molecule has 39 nitrogen and oxygen atoms in total. The van der Waals surface area contributed by atoms with Crippen molar-refractivity contribution >= 4 is 47.4 Å². The number of hydrogen-bond acceptors (Lipinski definition) is 30. The summed E-state index contributed by atoms with van der Waals surface area (Å²) in [6.07, 6.45) is -24.5. The van der Waals surface area contributed by atoms with Crippen molar-refractivity contribution < 1.29 is 174 Å². The molecule has 4 saturated heterocycles. The predicted molar refractivity (Wildman–Crippen MR) is 430 cm³/mol. The summed E-state index contributed by atoms with van der Waals surface area (Å²) in [5.74, 6) is -8.94. The van der Waals surface area contributed by atoms with Crippen molar-refractivity contribution in [2.24, 2.45) is 100 Å². The van der Waals surface area contributed by atoms with Gasteiger partial charge in [0.15, 0.2) is 61.1 Å². The zero-order valence-corrected chi connectivity index (χ0v) is 73.1. The highest BCUT2D eigenvalue weighted by Crippen LogP contribution is 2.78. The Bertz CT molecular complexity index is 3740. The van der Waals surface area contributed by atoms with E-state index in [1.807, 2.05) is 53.7 Å². The van der Waals surface area contributed by atoms with Gasteiger partial charge >= 0.3 is 35.8 Å². The number of carbonyl (C=O) groups excluding carboxylic acids is 2. The summed E-state index contributed by atoms with van der Waals surface area (Å²) in [5.41, 5.74) is -3.62. The molecular formula is C84H142N4O35. The maximum atomic E-state index is 14.8. The molecule has 0 aromatic rings. The zero-order valence-electron chi connectivity index (χ0n) is 73.1. The lowest BCUT2D eigenvalue weighted by Crippen LogP contribution is -2.68. The van der Waals surface area contributed by atoms with Crippen LogP contribution in [-0.2, 0) is 76.3 Å². The van der Waals surface area contributed by atoms with Crippen LogP contribution in [0.4, 0.5) is 0 Å². The van der Waals surface area contributed by atoms with Crippen LogP contribution >= 0.6 is 0 Å². The summed E-state index contributed by atoms with van der Waals surface area (Å²) in [5, 5.41) is 166. The van der Waals surface area contributed by atoms with Crippen LogP contribution in [-0.4, -0.2) is 281 Å². The van der Waals surface area contributed by atoms with E-state index in [2.05, 4.69) is 55.4 Å². The number of aliphatic hydroxyl groups is 10. The molecule has 0 unspecified atom stereocenters. The van der Waals surface area contributed by atoms with Gasteiger partial charge in [-0.3, -0.25) is 19.2 Å². The van der Waals surface area contributed by atoms with Gasteiger partial charge in [-0.1, -0.05) is 94.2 Å². The van der Waals surface area contributed by atoms with Gasteiger partial charge < -0.3 is 161 Å². The molecule has 14 rings (SSSR count). The number of carboxylic acid groups (broad SMARTS) is 6. The van der Waals surface area contributed by atoms with E-state index in [1.54, 1.807) is 0 Å². The van der Waals surface area contributed by atoms with Gasteiger partial charge in [0.1, 0.15) is 73.2 Å². The number of hydrogen-bond donors (Lipinski definition) is 20. The molecule has 0 aromatic carbocycles. The van der Waals surface area contributed by atoms with Crippen molar-refractivity contribution in [2.75, 3.05) is 0 Å². The fraction of sp³-hybridized carbons (Fsp3) is 0.857. The van der Waals surface area contributed by atoms with Gasteiger partial charge in [-0.05, 0) is 219 Å². The van der Waals surface area contributed by atoms with Crippen LogP contribution in [0.5, 0.6) is 0 Å². The highest BCUT2D eigenvalue weighted by molar-refractivity contribution is 5.96. The molecule has 0 amide bonds. The summed E-state index contributed by atoms with van der Waals surface area (Å²) < 4.78 is 46.8. The minimum atomic E-state index is -2.05. The Kier molecular flexibility index (Phi) is 31.0. The van der Waals surface area contributed by atoms with Gasteiger partial charge in [0.2, 0.25) is 0 Å². The molecule has 4 aliphatic heterocycles. The van der Waals surface area contributed by atoms with Crippen LogP contribution in [0.25, 0.3) is 0 Å². The molecule has 12 fully saturated rings. The van der Waals surface area contributed by atoms with E-state index in [-0.39, 0.29) is 110 Å². The SMILES string of the molecule is CC1(C)[C@@H](O[C@@H]2O[C@H](C(=O)O)[C@@H](O)[C@H](O)[C@H]2O[C@@H]2O[C@H](C(=O)O)[C@@H](O)[C@H](O)[C@H]2O)CC[C@]2(C)[C@H]3C(=O)C=C4[C@H]5C[C@@](C)(C(=O)O)CC[C@]5(C)CC[C@@]4(C)[C@]3(C)CC[C@@H]12.CC1(C)[C@@H](O[C@@H]2O[C@H](C(=O)O)[C@@H](O)[C@H](O)[C@H]2O[C@@H]2O[C@H](C(=O)O)[C@@H](O)[C@H](O)[C@H]2O)CC[C@]2(C)[C@H]3C(=O)C=C4[C@H]5C[C@@](C)(C(=O)O)CC[C@]5(C)CC[C@@]4(C)[C@]3(C)CC[C@@H]12.N.N.N.N.O.O.O. The van der Waals surface area contributed by atoms with E-state index in [9.17, 15) is 120 Å². The third kappa shape index (κ3) is 16.3. The molecule has 34 N–H and O–H groups in total. The van der Waals surface area contributed by atoms with Crippen molar-refractivity contribution in [3.8, 4) is 0 Å². The second kappa shape index (κ2) is 35.8. The minimum Gasteiger partial charge on any atom is -0.481 e. The minimum absolute atomic E-state index is 0. The number of carboxylic acids is 6. The second-order valence-corrected chi connectivity index (χ2v) is 41.2. The Hall–Kier alpha value is -5.36. The molecular weight excluding hydrogens is 1620 g/mol. The van der Waals surface area contributed by atoms with Gasteiger partial charge in [-0.25, -0.2) is 19.2 Å². The smallest absolute Gasteiger partial charge is 0.335 e. The normalized spacial score (nSPS) is 49.6. The maximum absolute atomic E-state index is 14.8. The fourth-order valence-corrected chi connectivity index (χ4v) is 26.7. The molecule has 0 radical (unpaired) electrons. The average Bonchev–Trinajstić information content (AvgIpc) is 0.675. The van der Waals surface area contributed by atoms with E-state index in [4.69, 9.17) is 37.9 Å². The van der Waals surface area contributed by atoms with E-state index in [0.29, 0.717) is 51.4 Å². The van der Waals surface area contributed by atoms with E-state index in [1.165, 1.54) is 0 Å². The molecule has 0 aromatic heterocycles. The first kappa shape index (κ1) is 106. The number of fused-ring (bicyclic) bond motifs is 14. The molecule has 123 heavy (non-hydrogen) atoms. The summed E-state index contributed by atoms with van der Waals surface area (Å²) in [7, 11) is 0. The Balaban J connectivity index is 0.000000360. The number of aliphatic carboxylic acids is 6. The van der Waals surface area contributed by atoms with E-state index in [0.717, 1.165) is 75.4 Å². The Morgan fingerprint density at radius 2 is 0.618 bits per heavy atom. The van der Waals surface area contributed by atoms with Crippen LogP contribution in [0.15, 0.2) is 23.3 Å². The van der Waals surface area contributed by atoms with Gasteiger partial charge in [-0.15, -0.1) is 0 Å². The summed E-state index contributed by atoms with van der Waals surface area (Å²) >= 11 is 0. The lowest BCUT2D eigenvalue weighted by molar-refractivity contribution is -0.371.